The van der Waals surface area contributed by atoms with Crippen molar-refractivity contribution in [2.75, 3.05) is 13.1 Å². The zero-order valence-electron chi connectivity index (χ0n) is 21.2. The average molecular weight is 493 g/mol. The highest BCUT2D eigenvalue weighted by atomic mass is 16.2. The molecular formula is C29H40N4O3. The van der Waals surface area contributed by atoms with E-state index in [1.807, 2.05) is 18.2 Å². The number of carbonyl (C=O) groups excluding carboxylic acids is 3. The number of aryl methyl sites for hydroxylation is 1. The number of ketones is 2. The van der Waals surface area contributed by atoms with Gasteiger partial charge in [0, 0.05) is 18.6 Å². The van der Waals surface area contributed by atoms with Crippen LogP contribution in [0.3, 0.4) is 0 Å². The van der Waals surface area contributed by atoms with E-state index in [2.05, 4.69) is 27.8 Å². The van der Waals surface area contributed by atoms with Crippen molar-refractivity contribution in [2.24, 2.45) is 22.6 Å². The van der Waals surface area contributed by atoms with Crippen molar-refractivity contribution < 1.29 is 14.4 Å². The topological polar surface area (TPSA) is 114 Å². The summed E-state index contributed by atoms with van der Waals surface area (Å²) in [6, 6.07) is 9.44. The highest BCUT2D eigenvalue weighted by Gasteiger charge is 2.45. The molecule has 1 aromatic carbocycles. The lowest BCUT2D eigenvalue weighted by molar-refractivity contribution is -0.127. The Bertz CT molecular complexity index is 977. The first-order valence-electron chi connectivity index (χ1n) is 13.6. The third-order valence-corrected chi connectivity index (χ3v) is 7.94. The molecule has 0 spiro atoms. The molecular weight excluding hydrogens is 452 g/mol. The maximum atomic E-state index is 13.9. The molecule has 36 heavy (non-hydrogen) atoms. The van der Waals surface area contributed by atoms with Gasteiger partial charge in [-0.05, 0) is 62.8 Å². The molecule has 7 heteroatoms. The second-order valence-corrected chi connectivity index (χ2v) is 10.6. The van der Waals surface area contributed by atoms with Crippen molar-refractivity contribution in [1.82, 2.24) is 10.6 Å². The summed E-state index contributed by atoms with van der Waals surface area (Å²) in [5.41, 5.74) is 6.06. The Kier molecular flexibility index (Phi) is 9.21. The van der Waals surface area contributed by atoms with Crippen LogP contribution in [-0.2, 0) is 20.8 Å². The number of Topliss-reactive ketones (excluding diaryl/α,β-unsaturated/α-hetero) is 2. The molecule has 1 aromatic rings. The summed E-state index contributed by atoms with van der Waals surface area (Å²) in [5.74, 6) is -0.294. The summed E-state index contributed by atoms with van der Waals surface area (Å²) in [6.45, 7) is 1.56. The average Bonchev–Trinajstić information content (AvgIpc) is 3.35. The summed E-state index contributed by atoms with van der Waals surface area (Å²) in [7, 11) is 0. The van der Waals surface area contributed by atoms with E-state index in [0.29, 0.717) is 30.9 Å². The number of benzene rings is 1. The van der Waals surface area contributed by atoms with Gasteiger partial charge in [-0.1, -0.05) is 62.4 Å². The van der Waals surface area contributed by atoms with Crippen LogP contribution in [0.5, 0.6) is 0 Å². The van der Waals surface area contributed by atoms with Gasteiger partial charge in [0.05, 0.1) is 6.04 Å². The van der Waals surface area contributed by atoms with Crippen molar-refractivity contribution in [1.29, 1.82) is 0 Å². The van der Waals surface area contributed by atoms with Gasteiger partial charge >= 0.3 is 0 Å². The fourth-order valence-electron chi connectivity index (χ4n) is 5.84. The summed E-state index contributed by atoms with van der Waals surface area (Å²) >= 11 is 0. The molecule has 0 radical (unpaired) electrons. The number of nitrogens with zero attached hydrogens (tertiary/aromatic N) is 1. The predicted octanol–water partition coefficient (Wildman–Crippen LogP) is 3.27. The normalized spacial score (nSPS) is 23.8. The smallest absolute Gasteiger partial charge is 0.234 e. The molecule has 7 nitrogen and oxygen atoms in total. The van der Waals surface area contributed by atoms with Gasteiger partial charge in [0.25, 0.3) is 0 Å². The number of allylic oxidation sites excluding steroid dienone is 1. The Morgan fingerprint density at radius 3 is 2.47 bits per heavy atom. The Morgan fingerprint density at radius 2 is 1.78 bits per heavy atom. The number of piperidine rings is 1. The maximum absolute atomic E-state index is 13.9. The minimum Gasteiger partial charge on any atom is -0.368 e. The fraction of sp³-hybridized carbons (Fsp3) is 0.586. The van der Waals surface area contributed by atoms with E-state index >= 15 is 0 Å². The molecule has 2 fully saturated rings. The number of amides is 1. The minimum atomic E-state index is -1.26. The molecule has 1 saturated carbocycles. The molecule has 2 heterocycles. The van der Waals surface area contributed by atoms with Crippen molar-refractivity contribution >= 4 is 23.7 Å². The number of nitrogens with two attached hydrogens (primary N) is 1. The Morgan fingerprint density at radius 1 is 1.06 bits per heavy atom. The molecule has 3 aliphatic rings. The zero-order valence-corrected chi connectivity index (χ0v) is 21.2. The molecule has 4 N–H and O–H groups in total. The summed E-state index contributed by atoms with van der Waals surface area (Å²) in [5, 5.41) is 6.62. The zero-order chi connectivity index (χ0) is 25.4. The molecule has 4 rings (SSSR count). The maximum Gasteiger partial charge on any atom is 0.234 e. The van der Waals surface area contributed by atoms with E-state index in [9.17, 15) is 14.4 Å². The van der Waals surface area contributed by atoms with Gasteiger partial charge in [0.1, 0.15) is 11.2 Å². The molecule has 1 amide bonds. The minimum absolute atomic E-state index is 0.0188. The second-order valence-electron chi connectivity index (χ2n) is 10.6. The molecule has 2 atom stereocenters. The van der Waals surface area contributed by atoms with Crippen molar-refractivity contribution in [2.45, 2.75) is 82.2 Å². The fourth-order valence-corrected chi connectivity index (χ4v) is 5.84. The third-order valence-electron chi connectivity index (χ3n) is 7.94. The van der Waals surface area contributed by atoms with Gasteiger partial charge in [0.2, 0.25) is 5.91 Å². The summed E-state index contributed by atoms with van der Waals surface area (Å²) in [6.07, 6.45) is 12.9. The van der Waals surface area contributed by atoms with Crippen LogP contribution >= 0.6 is 0 Å². The van der Waals surface area contributed by atoms with E-state index in [-0.39, 0.29) is 17.5 Å². The molecule has 2 aliphatic heterocycles. The Labute approximate surface area is 214 Å². The van der Waals surface area contributed by atoms with E-state index in [0.717, 1.165) is 58.0 Å². The van der Waals surface area contributed by atoms with E-state index < -0.39 is 17.5 Å². The number of aliphatic imine (C=N–C) groups is 1. The first kappa shape index (κ1) is 26.4. The highest BCUT2D eigenvalue weighted by Crippen LogP contribution is 2.31. The number of hydrogen-bond donors (Lipinski definition) is 3. The Balaban J connectivity index is 1.49. The van der Waals surface area contributed by atoms with Crippen LogP contribution in [0.25, 0.3) is 0 Å². The SMILES string of the molecule is NC(=O)C(CC1CCCCC1)NC1(C(=O)C2CCNCC2)C=NC(C(=O)CCCc2ccccc2)=C1. The predicted molar refractivity (Wildman–Crippen MR) is 142 cm³/mol. The van der Waals surface area contributed by atoms with Gasteiger partial charge < -0.3 is 11.1 Å². The van der Waals surface area contributed by atoms with Crippen molar-refractivity contribution in [3.05, 3.63) is 47.7 Å². The Hall–Kier alpha value is -2.64. The van der Waals surface area contributed by atoms with Crippen LogP contribution in [0.2, 0.25) is 0 Å². The molecule has 0 bridgehead atoms. The van der Waals surface area contributed by atoms with Crippen LogP contribution in [-0.4, -0.2) is 48.4 Å². The van der Waals surface area contributed by atoms with Crippen LogP contribution in [0.4, 0.5) is 0 Å². The van der Waals surface area contributed by atoms with Gasteiger partial charge in [-0.2, -0.15) is 0 Å². The third kappa shape index (κ3) is 6.77. The van der Waals surface area contributed by atoms with Crippen molar-refractivity contribution in [3.8, 4) is 0 Å². The quantitative estimate of drug-likeness (QED) is 0.414. The molecule has 1 aliphatic carbocycles. The lowest BCUT2D eigenvalue weighted by Crippen LogP contribution is -2.61. The number of hydrogen-bond acceptors (Lipinski definition) is 6. The van der Waals surface area contributed by atoms with Gasteiger partial charge in [-0.3, -0.25) is 24.7 Å². The number of carbonyl (C=O) groups is 3. The first-order chi connectivity index (χ1) is 17.5. The van der Waals surface area contributed by atoms with E-state index in [4.69, 9.17) is 5.73 Å². The van der Waals surface area contributed by atoms with Crippen LogP contribution in [0.1, 0.15) is 69.8 Å². The van der Waals surface area contributed by atoms with Crippen LogP contribution in [0, 0.1) is 11.8 Å². The summed E-state index contributed by atoms with van der Waals surface area (Å²) in [4.78, 5) is 43.8. The van der Waals surface area contributed by atoms with Crippen molar-refractivity contribution in [3.63, 3.8) is 0 Å². The number of rotatable bonds is 12. The molecule has 0 aromatic heterocycles. The number of nitrogens with one attached hydrogen (secondary N) is 2. The van der Waals surface area contributed by atoms with E-state index in [1.165, 1.54) is 12.0 Å². The largest absolute Gasteiger partial charge is 0.368 e. The van der Waals surface area contributed by atoms with Gasteiger partial charge in [-0.25, -0.2) is 0 Å². The lowest BCUT2D eigenvalue weighted by Gasteiger charge is -2.35. The van der Waals surface area contributed by atoms with Crippen LogP contribution < -0.4 is 16.4 Å². The summed E-state index contributed by atoms with van der Waals surface area (Å²) < 4.78 is 0. The monoisotopic (exact) mass is 492 g/mol. The standard InChI is InChI=1S/C29H40N4O3/c30-28(36)24(18-22-10-5-2-6-11-22)33-29(27(35)23-14-16-31-17-15-23)19-25(32-20-29)26(34)13-7-12-21-8-3-1-4-9-21/h1,3-4,8-9,19-20,22-24,31,33H,2,5-7,10-18H2,(H2,30,36). The van der Waals surface area contributed by atoms with Gasteiger partial charge in [-0.15, -0.1) is 0 Å². The molecule has 2 unspecified atom stereocenters. The molecule has 1 saturated heterocycles. The number of primary amides is 1. The van der Waals surface area contributed by atoms with Gasteiger partial charge in [0.15, 0.2) is 11.6 Å². The second kappa shape index (κ2) is 12.5. The lowest BCUT2D eigenvalue weighted by atomic mass is 9.80. The first-order valence-corrected chi connectivity index (χ1v) is 13.6. The van der Waals surface area contributed by atoms with Crippen LogP contribution in [0.15, 0.2) is 47.1 Å². The highest BCUT2D eigenvalue weighted by molar-refractivity contribution is 6.13. The molecule has 194 valence electrons. The van der Waals surface area contributed by atoms with E-state index in [1.54, 1.807) is 12.3 Å².